The third kappa shape index (κ3) is 2.10. The van der Waals surface area contributed by atoms with Gasteiger partial charge in [-0.15, -0.1) is 0 Å². The fourth-order valence-corrected chi connectivity index (χ4v) is 2.90. The van der Waals surface area contributed by atoms with Crippen molar-refractivity contribution in [2.75, 3.05) is 0 Å². The van der Waals surface area contributed by atoms with Gasteiger partial charge in [0.05, 0.1) is 11.1 Å². The SMILES string of the molecule is Cn1cc2c3ccccc3n(-c3ccc(C(F)(F)F)cc3)c2n1. The summed E-state index contributed by atoms with van der Waals surface area (Å²) in [6, 6.07) is 12.9. The van der Waals surface area contributed by atoms with Gasteiger partial charge in [-0.1, -0.05) is 18.2 Å². The number of fused-ring (bicyclic) bond motifs is 3. The molecule has 4 aromatic rings. The highest BCUT2D eigenvalue weighted by Gasteiger charge is 2.30. The molecule has 0 bridgehead atoms. The second-order valence-corrected chi connectivity index (χ2v) is 5.44. The molecule has 0 atom stereocenters. The first-order chi connectivity index (χ1) is 10.9. The van der Waals surface area contributed by atoms with Crippen LogP contribution in [0.1, 0.15) is 5.56 Å². The zero-order valence-electron chi connectivity index (χ0n) is 12.2. The van der Waals surface area contributed by atoms with E-state index in [1.54, 1.807) is 4.68 Å². The van der Waals surface area contributed by atoms with Gasteiger partial charge in [-0.25, -0.2) is 0 Å². The number of hydrogen-bond acceptors (Lipinski definition) is 1. The largest absolute Gasteiger partial charge is 0.416 e. The van der Waals surface area contributed by atoms with Crippen molar-refractivity contribution in [3.63, 3.8) is 0 Å². The van der Waals surface area contributed by atoms with Crippen LogP contribution in [0, 0.1) is 0 Å². The van der Waals surface area contributed by atoms with Gasteiger partial charge in [0, 0.05) is 29.7 Å². The Morgan fingerprint density at radius 1 is 0.913 bits per heavy atom. The third-order valence-corrected chi connectivity index (χ3v) is 3.91. The lowest BCUT2D eigenvalue weighted by atomic mass is 10.2. The van der Waals surface area contributed by atoms with Gasteiger partial charge >= 0.3 is 6.18 Å². The van der Waals surface area contributed by atoms with Crippen LogP contribution in [0.4, 0.5) is 13.2 Å². The lowest BCUT2D eigenvalue weighted by molar-refractivity contribution is -0.137. The van der Waals surface area contributed by atoms with E-state index in [0.29, 0.717) is 5.69 Å². The minimum absolute atomic E-state index is 0.655. The number of hydrogen-bond donors (Lipinski definition) is 0. The van der Waals surface area contributed by atoms with Crippen LogP contribution in [0.3, 0.4) is 0 Å². The molecule has 4 rings (SSSR count). The van der Waals surface area contributed by atoms with Gasteiger partial charge < -0.3 is 0 Å². The molecule has 0 aliphatic rings. The van der Waals surface area contributed by atoms with Crippen LogP contribution in [0.15, 0.2) is 54.7 Å². The average Bonchev–Trinajstić information content (AvgIpc) is 3.01. The molecule has 0 unspecified atom stereocenters. The lowest BCUT2D eigenvalue weighted by Gasteiger charge is -2.09. The first-order valence-electron chi connectivity index (χ1n) is 7.05. The first kappa shape index (κ1) is 13.9. The van der Waals surface area contributed by atoms with Crippen LogP contribution < -0.4 is 0 Å². The maximum atomic E-state index is 12.7. The molecule has 0 saturated heterocycles. The smallest absolute Gasteiger partial charge is 0.292 e. The van der Waals surface area contributed by atoms with Gasteiger partial charge in [-0.2, -0.15) is 18.3 Å². The molecule has 0 radical (unpaired) electrons. The van der Waals surface area contributed by atoms with E-state index in [1.165, 1.54) is 12.1 Å². The van der Waals surface area contributed by atoms with Crippen LogP contribution in [-0.4, -0.2) is 14.3 Å². The molecule has 0 saturated carbocycles. The highest BCUT2D eigenvalue weighted by Crippen LogP contribution is 2.33. The number of para-hydroxylation sites is 1. The number of nitrogens with zero attached hydrogens (tertiary/aromatic N) is 3. The summed E-state index contributed by atoms with van der Waals surface area (Å²) < 4.78 is 41.8. The monoisotopic (exact) mass is 315 g/mol. The number of aryl methyl sites for hydroxylation is 1. The number of benzene rings is 2. The molecule has 23 heavy (non-hydrogen) atoms. The van der Waals surface area contributed by atoms with Crippen molar-refractivity contribution in [1.29, 1.82) is 0 Å². The molecule has 0 N–H and O–H groups in total. The zero-order valence-corrected chi connectivity index (χ0v) is 12.2. The second kappa shape index (κ2) is 4.62. The topological polar surface area (TPSA) is 22.8 Å². The molecule has 2 aromatic heterocycles. The van der Waals surface area contributed by atoms with Crippen molar-refractivity contribution in [2.24, 2.45) is 7.05 Å². The fraction of sp³-hybridized carbons (Fsp3) is 0.118. The van der Waals surface area contributed by atoms with Gasteiger partial charge in [0.1, 0.15) is 0 Å². The molecular weight excluding hydrogens is 303 g/mol. The zero-order chi connectivity index (χ0) is 16.2. The van der Waals surface area contributed by atoms with Crippen molar-refractivity contribution in [3.05, 3.63) is 60.3 Å². The van der Waals surface area contributed by atoms with E-state index in [-0.39, 0.29) is 0 Å². The molecule has 116 valence electrons. The van der Waals surface area contributed by atoms with Gasteiger partial charge in [0.2, 0.25) is 0 Å². The Kier molecular flexibility index (Phi) is 2.78. The summed E-state index contributed by atoms with van der Waals surface area (Å²) in [4.78, 5) is 0. The van der Waals surface area contributed by atoms with E-state index < -0.39 is 11.7 Å². The molecule has 0 aliphatic carbocycles. The van der Waals surface area contributed by atoms with Crippen molar-refractivity contribution < 1.29 is 13.2 Å². The summed E-state index contributed by atoms with van der Waals surface area (Å²) in [7, 11) is 1.83. The van der Waals surface area contributed by atoms with E-state index in [2.05, 4.69) is 5.10 Å². The van der Waals surface area contributed by atoms with Crippen molar-refractivity contribution in [1.82, 2.24) is 14.3 Å². The van der Waals surface area contributed by atoms with E-state index >= 15 is 0 Å². The maximum absolute atomic E-state index is 12.7. The lowest BCUT2D eigenvalue weighted by Crippen LogP contribution is -2.05. The molecule has 6 heteroatoms. The normalized spacial score (nSPS) is 12.3. The Bertz CT molecular complexity index is 1010. The summed E-state index contributed by atoms with van der Waals surface area (Å²) in [6.07, 6.45) is -2.42. The Morgan fingerprint density at radius 3 is 2.30 bits per heavy atom. The Morgan fingerprint density at radius 2 is 1.61 bits per heavy atom. The number of alkyl halides is 3. The van der Waals surface area contributed by atoms with E-state index in [9.17, 15) is 13.2 Å². The second-order valence-electron chi connectivity index (χ2n) is 5.44. The minimum atomic E-state index is -4.34. The van der Waals surface area contributed by atoms with Crippen LogP contribution in [0.5, 0.6) is 0 Å². The van der Waals surface area contributed by atoms with E-state index in [0.717, 1.165) is 34.1 Å². The molecule has 0 spiro atoms. The molecule has 2 aromatic carbocycles. The average molecular weight is 315 g/mol. The van der Waals surface area contributed by atoms with E-state index in [1.807, 2.05) is 42.1 Å². The van der Waals surface area contributed by atoms with Crippen LogP contribution in [0.25, 0.3) is 27.6 Å². The molecule has 3 nitrogen and oxygen atoms in total. The minimum Gasteiger partial charge on any atom is -0.292 e. The summed E-state index contributed by atoms with van der Waals surface area (Å²) in [5.74, 6) is 0. The predicted molar refractivity (Wildman–Crippen MR) is 82.5 cm³/mol. The van der Waals surface area contributed by atoms with Crippen LogP contribution >= 0.6 is 0 Å². The summed E-state index contributed by atoms with van der Waals surface area (Å²) >= 11 is 0. The summed E-state index contributed by atoms with van der Waals surface area (Å²) in [5, 5.41) is 6.45. The first-order valence-corrected chi connectivity index (χ1v) is 7.05. The van der Waals surface area contributed by atoms with Crippen LogP contribution in [-0.2, 0) is 13.2 Å². The predicted octanol–water partition coefficient (Wildman–Crippen LogP) is 4.54. The van der Waals surface area contributed by atoms with Crippen LogP contribution in [0.2, 0.25) is 0 Å². The van der Waals surface area contributed by atoms with Gasteiger partial charge in [-0.3, -0.25) is 9.25 Å². The standard InChI is InChI=1S/C17H12F3N3/c1-22-10-14-13-4-2-3-5-15(13)23(16(14)21-22)12-8-6-11(7-9-12)17(18,19)20/h2-10H,1H3. The Hall–Kier alpha value is -2.76. The maximum Gasteiger partial charge on any atom is 0.416 e. The van der Waals surface area contributed by atoms with Gasteiger partial charge in [0.25, 0.3) is 0 Å². The number of rotatable bonds is 1. The van der Waals surface area contributed by atoms with Crippen molar-refractivity contribution >= 4 is 21.9 Å². The molecule has 0 aliphatic heterocycles. The molecular formula is C17H12F3N3. The molecule has 0 amide bonds. The highest BCUT2D eigenvalue weighted by molar-refractivity contribution is 6.07. The van der Waals surface area contributed by atoms with Crippen molar-refractivity contribution in [2.45, 2.75) is 6.18 Å². The summed E-state index contributed by atoms with van der Waals surface area (Å²) in [5.41, 5.74) is 1.65. The number of halogens is 3. The fourth-order valence-electron chi connectivity index (χ4n) is 2.90. The van der Waals surface area contributed by atoms with Gasteiger partial charge in [0.15, 0.2) is 5.65 Å². The van der Waals surface area contributed by atoms with Crippen molar-refractivity contribution in [3.8, 4) is 5.69 Å². The Balaban J connectivity index is 2.00. The highest BCUT2D eigenvalue weighted by atomic mass is 19.4. The van der Waals surface area contributed by atoms with E-state index in [4.69, 9.17) is 0 Å². The molecule has 0 fully saturated rings. The number of aromatic nitrogens is 3. The quantitative estimate of drug-likeness (QED) is 0.506. The molecule has 2 heterocycles. The third-order valence-electron chi connectivity index (χ3n) is 3.91. The summed E-state index contributed by atoms with van der Waals surface area (Å²) in [6.45, 7) is 0. The Labute approximate surface area is 129 Å². The van der Waals surface area contributed by atoms with Gasteiger partial charge in [-0.05, 0) is 30.3 Å².